The molecule has 0 N–H and O–H groups in total. The molecule has 4 nitrogen and oxygen atoms in total. The van der Waals surface area contributed by atoms with Gasteiger partial charge in [0.25, 0.3) is 0 Å². The van der Waals surface area contributed by atoms with Crippen molar-refractivity contribution in [1.82, 2.24) is 0 Å². The van der Waals surface area contributed by atoms with E-state index in [1.807, 2.05) is 0 Å². The van der Waals surface area contributed by atoms with Crippen LogP contribution in [-0.2, 0) is 19.1 Å². The first-order valence-electron chi connectivity index (χ1n) is 3.45. The molecule has 0 aromatic heterocycles. The first-order valence-corrected chi connectivity index (χ1v) is 3.45. The smallest absolute Gasteiger partial charge is 0.318 e. The normalized spacial score (nSPS) is 8.33. The van der Waals surface area contributed by atoms with Gasteiger partial charge in [0.15, 0.2) is 6.61 Å². The number of carbonyl (C=O) groups excluding carboxylic acids is 2. The Labute approximate surface area is 70.8 Å². The molecule has 0 unspecified atom stereocenters. The van der Waals surface area contributed by atoms with Crippen molar-refractivity contribution in [3.8, 4) is 12.3 Å². The molecule has 0 amide bonds. The quantitative estimate of drug-likeness (QED) is 0.341. The largest absolute Gasteiger partial charge is 0.466 e. The number of ether oxygens (including phenoxy) is 2. The van der Waals surface area contributed by atoms with Crippen molar-refractivity contribution in [2.24, 2.45) is 0 Å². The Bertz CT molecular complexity index is 202. The minimum atomic E-state index is -0.661. The van der Waals surface area contributed by atoms with Gasteiger partial charge in [-0.3, -0.25) is 9.59 Å². The lowest BCUT2D eigenvalue weighted by atomic mass is 10.4. The fourth-order valence-corrected chi connectivity index (χ4v) is 0.503. The monoisotopic (exact) mass is 170 g/mol. The third-order valence-corrected chi connectivity index (χ3v) is 0.910. The standard InChI is InChI=1S/C8H10O4/c1-3-5-12-8(10)6-7(9)11-4-2/h1H,4-6H2,2H3. The van der Waals surface area contributed by atoms with Crippen LogP contribution in [0.5, 0.6) is 0 Å². The van der Waals surface area contributed by atoms with Gasteiger partial charge in [0.1, 0.15) is 6.42 Å². The molecule has 0 saturated heterocycles. The average Bonchev–Trinajstić information content (AvgIpc) is 2.01. The van der Waals surface area contributed by atoms with E-state index in [1.54, 1.807) is 6.92 Å². The van der Waals surface area contributed by atoms with Crippen molar-refractivity contribution in [3.05, 3.63) is 0 Å². The van der Waals surface area contributed by atoms with Crippen molar-refractivity contribution in [3.63, 3.8) is 0 Å². The maximum atomic E-state index is 10.7. The van der Waals surface area contributed by atoms with Crippen LogP contribution >= 0.6 is 0 Å². The lowest BCUT2D eigenvalue weighted by Crippen LogP contribution is -2.13. The molecule has 0 aliphatic heterocycles. The zero-order valence-electron chi connectivity index (χ0n) is 6.83. The molecule has 0 aliphatic carbocycles. The second kappa shape index (κ2) is 6.23. The molecule has 0 spiro atoms. The van der Waals surface area contributed by atoms with Gasteiger partial charge in [-0.25, -0.2) is 0 Å². The second-order valence-electron chi connectivity index (χ2n) is 1.85. The summed E-state index contributed by atoms with van der Waals surface area (Å²) in [4.78, 5) is 21.3. The summed E-state index contributed by atoms with van der Waals surface area (Å²) < 4.78 is 8.93. The van der Waals surface area contributed by atoms with Crippen LogP contribution in [0.3, 0.4) is 0 Å². The lowest BCUT2D eigenvalue weighted by Gasteiger charge is -2.00. The molecule has 66 valence electrons. The Balaban J connectivity index is 3.56. The van der Waals surface area contributed by atoms with E-state index in [2.05, 4.69) is 15.4 Å². The topological polar surface area (TPSA) is 52.6 Å². The van der Waals surface area contributed by atoms with Gasteiger partial charge in [-0.2, -0.15) is 0 Å². The number of terminal acetylenes is 1. The SMILES string of the molecule is C#CCOC(=O)CC(=O)OCC. The molecule has 0 aliphatic rings. The van der Waals surface area contributed by atoms with Crippen molar-refractivity contribution in [1.29, 1.82) is 0 Å². The van der Waals surface area contributed by atoms with Gasteiger partial charge in [0.2, 0.25) is 0 Å². The van der Waals surface area contributed by atoms with E-state index in [0.717, 1.165) is 0 Å². The molecule has 0 aromatic carbocycles. The van der Waals surface area contributed by atoms with E-state index in [0.29, 0.717) is 0 Å². The predicted octanol–water partition coefficient (Wildman–Crippen LogP) is 0.116. The third-order valence-electron chi connectivity index (χ3n) is 0.910. The summed E-state index contributed by atoms with van der Waals surface area (Å²) in [5, 5.41) is 0. The lowest BCUT2D eigenvalue weighted by molar-refractivity contribution is -0.153. The summed E-state index contributed by atoms with van der Waals surface area (Å²) in [6, 6.07) is 0. The van der Waals surface area contributed by atoms with Crippen LogP contribution in [0.25, 0.3) is 0 Å². The zero-order chi connectivity index (χ0) is 9.40. The Kier molecular flexibility index (Phi) is 5.45. The first kappa shape index (κ1) is 10.5. The number of rotatable bonds is 4. The molecule has 0 aromatic rings. The van der Waals surface area contributed by atoms with E-state index in [-0.39, 0.29) is 19.6 Å². The van der Waals surface area contributed by atoms with Crippen molar-refractivity contribution in [2.75, 3.05) is 13.2 Å². The summed E-state index contributed by atoms with van der Waals surface area (Å²) in [6.07, 6.45) is 4.44. The van der Waals surface area contributed by atoms with Crippen LogP contribution < -0.4 is 0 Å². The molecular weight excluding hydrogens is 160 g/mol. The van der Waals surface area contributed by atoms with E-state index < -0.39 is 11.9 Å². The summed E-state index contributed by atoms with van der Waals surface area (Å²) >= 11 is 0. The van der Waals surface area contributed by atoms with Crippen molar-refractivity contribution in [2.45, 2.75) is 13.3 Å². The maximum Gasteiger partial charge on any atom is 0.318 e. The van der Waals surface area contributed by atoms with Gasteiger partial charge in [-0.1, -0.05) is 5.92 Å². The van der Waals surface area contributed by atoms with E-state index in [4.69, 9.17) is 6.42 Å². The van der Waals surface area contributed by atoms with Gasteiger partial charge >= 0.3 is 11.9 Å². The van der Waals surface area contributed by atoms with Gasteiger partial charge < -0.3 is 9.47 Å². The molecule has 12 heavy (non-hydrogen) atoms. The molecule has 4 heteroatoms. The molecule has 0 saturated carbocycles. The summed E-state index contributed by atoms with van der Waals surface area (Å²) in [5.41, 5.74) is 0. The fourth-order valence-electron chi connectivity index (χ4n) is 0.503. The van der Waals surface area contributed by atoms with Crippen molar-refractivity contribution >= 4 is 11.9 Å². The molecule has 0 atom stereocenters. The Morgan fingerprint density at radius 2 is 1.92 bits per heavy atom. The summed E-state index contributed by atoms with van der Waals surface area (Å²) in [5.74, 6) is 0.850. The number of hydrogen-bond acceptors (Lipinski definition) is 4. The highest BCUT2D eigenvalue weighted by atomic mass is 16.5. The number of hydrogen-bond donors (Lipinski definition) is 0. The second-order valence-corrected chi connectivity index (χ2v) is 1.85. The molecule has 0 heterocycles. The Hall–Kier alpha value is -1.50. The van der Waals surface area contributed by atoms with Crippen LogP contribution in [0.15, 0.2) is 0 Å². The van der Waals surface area contributed by atoms with Gasteiger partial charge in [0.05, 0.1) is 6.61 Å². The minimum absolute atomic E-state index is 0.113. The fraction of sp³-hybridized carbons (Fsp3) is 0.500. The summed E-state index contributed by atoms with van der Waals surface area (Å²) in [7, 11) is 0. The summed E-state index contributed by atoms with van der Waals surface area (Å²) in [6.45, 7) is 1.80. The Morgan fingerprint density at radius 1 is 1.33 bits per heavy atom. The molecule has 0 bridgehead atoms. The van der Waals surface area contributed by atoms with Crippen LogP contribution in [0.1, 0.15) is 13.3 Å². The molecule has 0 fully saturated rings. The molecular formula is C8H10O4. The van der Waals surface area contributed by atoms with Crippen LogP contribution in [0, 0.1) is 12.3 Å². The van der Waals surface area contributed by atoms with Crippen LogP contribution in [-0.4, -0.2) is 25.2 Å². The highest BCUT2D eigenvalue weighted by Crippen LogP contribution is 1.89. The van der Waals surface area contributed by atoms with Gasteiger partial charge in [-0.15, -0.1) is 6.42 Å². The first-order chi connectivity index (χ1) is 5.70. The zero-order valence-corrected chi connectivity index (χ0v) is 6.83. The third kappa shape index (κ3) is 5.30. The molecule has 0 radical (unpaired) electrons. The minimum Gasteiger partial charge on any atom is -0.466 e. The highest BCUT2D eigenvalue weighted by Gasteiger charge is 2.10. The van der Waals surface area contributed by atoms with E-state index >= 15 is 0 Å². The number of esters is 2. The molecule has 0 rings (SSSR count). The van der Waals surface area contributed by atoms with E-state index in [1.165, 1.54) is 0 Å². The number of carbonyl (C=O) groups is 2. The Morgan fingerprint density at radius 3 is 2.42 bits per heavy atom. The highest BCUT2D eigenvalue weighted by molar-refractivity contribution is 5.91. The maximum absolute atomic E-state index is 10.7. The average molecular weight is 170 g/mol. The van der Waals surface area contributed by atoms with Crippen LogP contribution in [0.4, 0.5) is 0 Å². The van der Waals surface area contributed by atoms with Gasteiger partial charge in [0, 0.05) is 0 Å². The van der Waals surface area contributed by atoms with Crippen LogP contribution in [0.2, 0.25) is 0 Å². The van der Waals surface area contributed by atoms with E-state index in [9.17, 15) is 9.59 Å². The van der Waals surface area contributed by atoms with Crippen molar-refractivity contribution < 1.29 is 19.1 Å². The van der Waals surface area contributed by atoms with Gasteiger partial charge in [-0.05, 0) is 6.92 Å². The predicted molar refractivity (Wildman–Crippen MR) is 41.0 cm³/mol.